The summed E-state index contributed by atoms with van der Waals surface area (Å²) in [4.78, 5) is 5.04. The molecule has 1 N–H and O–H groups in total. The third-order valence-corrected chi connectivity index (χ3v) is 4.77. The molecule has 0 bridgehead atoms. The van der Waals surface area contributed by atoms with Crippen LogP contribution < -0.4 is 5.32 Å². The molecule has 2 heterocycles. The summed E-state index contributed by atoms with van der Waals surface area (Å²) in [7, 11) is 2.23. The molecule has 1 atom stereocenters. The van der Waals surface area contributed by atoms with Gasteiger partial charge in [-0.2, -0.15) is 0 Å². The van der Waals surface area contributed by atoms with Crippen molar-refractivity contribution in [2.75, 3.05) is 26.7 Å². The highest BCUT2D eigenvalue weighted by molar-refractivity contribution is 5.21. The summed E-state index contributed by atoms with van der Waals surface area (Å²) in [6.45, 7) is 9.90. The number of likely N-dealkylation sites (N-methyl/N-ethyl adjacent to an activating group) is 1. The van der Waals surface area contributed by atoms with Crippen molar-refractivity contribution in [3.05, 3.63) is 23.2 Å². The molecule has 0 spiro atoms. The number of nitrogens with zero attached hydrogens (tertiary/aromatic N) is 2. The topological polar surface area (TPSA) is 31.7 Å². The lowest BCUT2D eigenvalue weighted by atomic mass is 10.2. The zero-order valence-corrected chi connectivity index (χ0v) is 13.7. The normalized spacial score (nSPS) is 25.2. The first-order valence-electron chi connectivity index (χ1n) is 8.36. The summed E-state index contributed by atoms with van der Waals surface area (Å²) in [6, 6.07) is 3.60. The Hall–Kier alpha value is -0.840. The van der Waals surface area contributed by atoms with Crippen molar-refractivity contribution in [3.8, 4) is 0 Å². The van der Waals surface area contributed by atoms with Gasteiger partial charge in [-0.15, -0.1) is 0 Å². The van der Waals surface area contributed by atoms with Gasteiger partial charge >= 0.3 is 0 Å². The van der Waals surface area contributed by atoms with Gasteiger partial charge in [0.1, 0.15) is 11.5 Å². The molecule has 1 saturated carbocycles. The van der Waals surface area contributed by atoms with Crippen LogP contribution in [0.15, 0.2) is 10.5 Å². The van der Waals surface area contributed by atoms with Crippen LogP contribution in [0.1, 0.15) is 43.3 Å². The van der Waals surface area contributed by atoms with E-state index in [1.165, 1.54) is 37.9 Å². The van der Waals surface area contributed by atoms with E-state index in [1.807, 2.05) is 0 Å². The van der Waals surface area contributed by atoms with Crippen LogP contribution in [-0.4, -0.2) is 48.6 Å². The molecule has 118 valence electrons. The van der Waals surface area contributed by atoms with Crippen molar-refractivity contribution in [1.82, 2.24) is 15.1 Å². The van der Waals surface area contributed by atoms with Crippen molar-refractivity contribution in [3.63, 3.8) is 0 Å². The van der Waals surface area contributed by atoms with Crippen LogP contribution in [-0.2, 0) is 13.1 Å². The Bertz CT molecular complexity index is 467. The molecular formula is C17H29N3O. The fourth-order valence-electron chi connectivity index (χ4n) is 3.24. The average Bonchev–Trinajstić information content (AvgIpc) is 3.21. The minimum Gasteiger partial charge on any atom is -0.465 e. The number of hydrogen-bond acceptors (Lipinski definition) is 4. The molecule has 1 aromatic heterocycles. The molecule has 4 heteroatoms. The predicted octanol–water partition coefficient (Wildman–Crippen LogP) is 2.37. The number of hydrogen-bond donors (Lipinski definition) is 1. The van der Waals surface area contributed by atoms with E-state index in [-0.39, 0.29) is 0 Å². The minimum absolute atomic E-state index is 0.611. The molecule has 3 rings (SSSR count). The highest BCUT2D eigenvalue weighted by Crippen LogP contribution is 2.22. The summed E-state index contributed by atoms with van der Waals surface area (Å²) in [5.74, 6) is 2.18. The lowest BCUT2D eigenvalue weighted by Crippen LogP contribution is -2.37. The largest absolute Gasteiger partial charge is 0.465 e. The zero-order valence-electron chi connectivity index (χ0n) is 13.7. The second-order valence-electron chi connectivity index (χ2n) is 6.88. The van der Waals surface area contributed by atoms with Gasteiger partial charge in [0, 0.05) is 37.3 Å². The van der Waals surface area contributed by atoms with Gasteiger partial charge < -0.3 is 14.6 Å². The van der Waals surface area contributed by atoms with E-state index in [0.717, 1.165) is 37.2 Å². The fraction of sp³-hybridized carbons (Fsp3) is 0.765. The molecule has 1 aliphatic carbocycles. The van der Waals surface area contributed by atoms with Crippen LogP contribution in [0.25, 0.3) is 0 Å². The van der Waals surface area contributed by atoms with Crippen LogP contribution in [0.4, 0.5) is 0 Å². The highest BCUT2D eigenvalue weighted by atomic mass is 16.3. The smallest absolute Gasteiger partial charge is 0.118 e. The second kappa shape index (κ2) is 6.51. The Morgan fingerprint density at radius 1 is 1.33 bits per heavy atom. The van der Waals surface area contributed by atoms with Crippen molar-refractivity contribution in [1.29, 1.82) is 0 Å². The first-order valence-corrected chi connectivity index (χ1v) is 8.36. The SMILES string of the molecule is Cc1oc(CNC2CC2)cc1CN1CCCN(C)CC1C. The number of furan rings is 1. The first-order chi connectivity index (χ1) is 10.1. The van der Waals surface area contributed by atoms with E-state index in [2.05, 4.69) is 42.1 Å². The van der Waals surface area contributed by atoms with Crippen LogP contribution in [0, 0.1) is 6.92 Å². The zero-order chi connectivity index (χ0) is 14.8. The molecular weight excluding hydrogens is 262 g/mol. The van der Waals surface area contributed by atoms with Gasteiger partial charge in [-0.05, 0) is 52.8 Å². The van der Waals surface area contributed by atoms with E-state index in [0.29, 0.717) is 6.04 Å². The van der Waals surface area contributed by atoms with Crippen molar-refractivity contribution >= 4 is 0 Å². The third-order valence-electron chi connectivity index (χ3n) is 4.77. The molecule has 1 unspecified atom stereocenters. The lowest BCUT2D eigenvalue weighted by Gasteiger charge is -2.27. The number of aryl methyl sites for hydroxylation is 1. The van der Waals surface area contributed by atoms with Gasteiger partial charge in [0.05, 0.1) is 6.54 Å². The lowest BCUT2D eigenvalue weighted by molar-refractivity contribution is 0.193. The molecule has 1 saturated heterocycles. The molecule has 1 aliphatic heterocycles. The van der Waals surface area contributed by atoms with Gasteiger partial charge in [-0.25, -0.2) is 0 Å². The van der Waals surface area contributed by atoms with Gasteiger partial charge in [0.25, 0.3) is 0 Å². The van der Waals surface area contributed by atoms with E-state index >= 15 is 0 Å². The summed E-state index contributed by atoms with van der Waals surface area (Å²) in [5, 5.41) is 3.53. The Balaban J connectivity index is 1.60. The molecule has 21 heavy (non-hydrogen) atoms. The third kappa shape index (κ3) is 4.09. The van der Waals surface area contributed by atoms with E-state index in [4.69, 9.17) is 4.42 Å². The van der Waals surface area contributed by atoms with Crippen molar-refractivity contribution < 1.29 is 4.42 Å². The monoisotopic (exact) mass is 291 g/mol. The Morgan fingerprint density at radius 2 is 2.14 bits per heavy atom. The Kier molecular flexibility index (Phi) is 4.67. The van der Waals surface area contributed by atoms with E-state index in [9.17, 15) is 0 Å². The highest BCUT2D eigenvalue weighted by Gasteiger charge is 2.23. The van der Waals surface area contributed by atoms with Crippen molar-refractivity contribution in [2.45, 2.75) is 58.3 Å². The summed E-state index contributed by atoms with van der Waals surface area (Å²) >= 11 is 0. The Labute approximate surface area is 128 Å². The Morgan fingerprint density at radius 3 is 2.90 bits per heavy atom. The predicted molar refractivity (Wildman–Crippen MR) is 85.3 cm³/mol. The number of nitrogens with one attached hydrogen (secondary N) is 1. The van der Waals surface area contributed by atoms with Gasteiger partial charge in [-0.3, -0.25) is 4.90 Å². The molecule has 4 nitrogen and oxygen atoms in total. The summed E-state index contributed by atoms with van der Waals surface area (Å²) in [6.07, 6.45) is 3.91. The maximum absolute atomic E-state index is 5.92. The molecule has 1 aromatic rings. The second-order valence-corrected chi connectivity index (χ2v) is 6.88. The molecule has 2 aliphatic rings. The molecule has 0 amide bonds. The first kappa shape index (κ1) is 15.1. The standard InChI is InChI=1S/C17H29N3O/c1-13-11-19(3)7-4-8-20(13)12-15-9-17(21-14(15)2)10-18-16-5-6-16/h9,13,16,18H,4-8,10-12H2,1-3H3. The molecule has 0 radical (unpaired) electrons. The maximum atomic E-state index is 5.92. The van der Waals surface area contributed by atoms with E-state index in [1.54, 1.807) is 0 Å². The fourth-order valence-corrected chi connectivity index (χ4v) is 3.24. The van der Waals surface area contributed by atoms with Crippen molar-refractivity contribution in [2.24, 2.45) is 0 Å². The summed E-state index contributed by atoms with van der Waals surface area (Å²) < 4.78 is 5.92. The minimum atomic E-state index is 0.611. The summed E-state index contributed by atoms with van der Waals surface area (Å²) in [5.41, 5.74) is 1.36. The van der Waals surface area contributed by atoms with Gasteiger partial charge in [0.15, 0.2) is 0 Å². The van der Waals surface area contributed by atoms with Crippen LogP contribution >= 0.6 is 0 Å². The molecule has 0 aromatic carbocycles. The van der Waals surface area contributed by atoms with E-state index < -0.39 is 0 Å². The van der Waals surface area contributed by atoms with Crippen LogP contribution in [0.3, 0.4) is 0 Å². The maximum Gasteiger partial charge on any atom is 0.118 e. The molecule has 2 fully saturated rings. The van der Waals surface area contributed by atoms with Gasteiger partial charge in [-0.1, -0.05) is 0 Å². The average molecular weight is 291 g/mol. The number of rotatable bonds is 5. The van der Waals surface area contributed by atoms with Crippen LogP contribution in [0.2, 0.25) is 0 Å². The quantitative estimate of drug-likeness (QED) is 0.902. The van der Waals surface area contributed by atoms with Crippen LogP contribution in [0.5, 0.6) is 0 Å². The van der Waals surface area contributed by atoms with Gasteiger partial charge in [0.2, 0.25) is 0 Å².